The maximum absolute atomic E-state index is 13.8. The van der Waals surface area contributed by atoms with Gasteiger partial charge in [0.15, 0.2) is 5.16 Å². The molecule has 1 aliphatic carbocycles. The van der Waals surface area contributed by atoms with Crippen LogP contribution in [0.1, 0.15) is 29.3 Å². The van der Waals surface area contributed by atoms with E-state index in [0.29, 0.717) is 11.7 Å². The molecular formula is C25H22N4OS2. The second-order valence-electron chi connectivity index (χ2n) is 8.40. The summed E-state index contributed by atoms with van der Waals surface area (Å²) < 4.78 is 3.83. The third-order valence-electron chi connectivity index (χ3n) is 6.15. The number of nitrogens with zero attached hydrogens (tertiary/aromatic N) is 4. The van der Waals surface area contributed by atoms with Crippen LogP contribution in [0.3, 0.4) is 0 Å². The second-order valence-corrected chi connectivity index (χ2v) is 10.4. The van der Waals surface area contributed by atoms with Gasteiger partial charge in [-0.3, -0.25) is 4.79 Å². The van der Waals surface area contributed by atoms with Gasteiger partial charge in [-0.1, -0.05) is 67.2 Å². The van der Waals surface area contributed by atoms with Gasteiger partial charge < -0.3 is 0 Å². The van der Waals surface area contributed by atoms with Gasteiger partial charge >= 0.3 is 0 Å². The number of fused-ring (bicyclic) bond motifs is 5. The fourth-order valence-electron chi connectivity index (χ4n) is 4.53. The standard InChI is InChI=1S/C25H22N4OS2/c1-16-12-13-19-20(14-16)32-23-21(19)22(30)28(18-10-6-3-7-11-18)24-26-27-25(29(23)24)31-15-17-8-4-2-5-9-17/h2-11,16H,12-15H2,1H3. The molecule has 3 heterocycles. The van der Waals surface area contributed by atoms with Crippen molar-refractivity contribution in [2.45, 2.75) is 37.1 Å². The van der Waals surface area contributed by atoms with Crippen LogP contribution < -0.4 is 5.56 Å². The molecule has 2 aromatic carbocycles. The van der Waals surface area contributed by atoms with Crippen molar-refractivity contribution in [1.82, 2.24) is 19.2 Å². The average molecular weight is 459 g/mol. The monoisotopic (exact) mass is 458 g/mol. The van der Waals surface area contributed by atoms with Crippen LogP contribution in [0.4, 0.5) is 0 Å². The summed E-state index contributed by atoms with van der Waals surface area (Å²) in [7, 11) is 0. The highest BCUT2D eigenvalue weighted by atomic mass is 32.2. The van der Waals surface area contributed by atoms with Gasteiger partial charge in [0.05, 0.1) is 11.1 Å². The van der Waals surface area contributed by atoms with E-state index in [0.717, 1.165) is 46.1 Å². The molecule has 0 radical (unpaired) electrons. The van der Waals surface area contributed by atoms with Crippen molar-refractivity contribution >= 4 is 39.1 Å². The van der Waals surface area contributed by atoms with E-state index in [1.807, 2.05) is 36.4 Å². The van der Waals surface area contributed by atoms with Crippen LogP contribution in [0.5, 0.6) is 0 Å². The highest BCUT2D eigenvalue weighted by Gasteiger charge is 2.27. The SMILES string of the molecule is CC1CCc2c(sc3c2c(=O)n(-c2ccccc2)c2nnc(SCc4ccccc4)n32)C1. The summed E-state index contributed by atoms with van der Waals surface area (Å²) in [5, 5.41) is 10.7. The van der Waals surface area contributed by atoms with Gasteiger partial charge in [-0.15, -0.1) is 21.5 Å². The molecule has 0 aliphatic heterocycles. The Morgan fingerprint density at radius 1 is 1.06 bits per heavy atom. The summed E-state index contributed by atoms with van der Waals surface area (Å²) in [4.78, 5) is 16.2. The number of para-hydroxylation sites is 1. The molecule has 6 rings (SSSR count). The Bertz CT molecular complexity index is 1490. The van der Waals surface area contributed by atoms with Gasteiger partial charge in [-0.05, 0) is 48.4 Å². The van der Waals surface area contributed by atoms with Crippen LogP contribution in [0.25, 0.3) is 21.7 Å². The van der Waals surface area contributed by atoms with Crippen molar-refractivity contribution in [3.8, 4) is 5.69 Å². The lowest BCUT2D eigenvalue weighted by molar-refractivity contribution is 0.509. The van der Waals surface area contributed by atoms with E-state index in [1.165, 1.54) is 16.0 Å². The molecule has 7 heteroatoms. The van der Waals surface area contributed by atoms with Gasteiger partial charge in [0, 0.05) is 10.6 Å². The predicted molar refractivity (Wildman–Crippen MR) is 131 cm³/mol. The molecule has 0 spiro atoms. The predicted octanol–water partition coefficient (Wildman–Crippen LogP) is 5.51. The fourth-order valence-corrected chi connectivity index (χ4v) is 6.97. The molecule has 0 amide bonds. The number of rotatable bonds is 4. The average Bonchev–Trinajstić information content (AvgIpc) is 3.40. The molecule has 0 saturated carbocycles. The van der Waals surface area contributed by atoms with E-state index in [2.05, 4.69) is 45.8 Å². The minimum Gasteiger partial charge on any atom is -0.268 e. The molecule has 1 aliphatic rings. The highest BCUT2D eigenvalue weighted by molar-refractivity contribution is 7.98. The Kier molecular flexibility index (Phi) is 4.88. The highest BCUT2D eigenvalue weighted by Crippen LogP contribution is 2.38. The maximum Gasteiger partial charge on any atom is 0.268 e. The Labute approximate surface area is 193 Å². The summed E-state index contributed by atoms with van der Waals surface area (Å²) in [6.45, 7) is 2.30. The molecule has 1 unspecified atom stereocenters. The van der Waals surface area contributed by atoms with Crippen molar-refractivity contribution in [3.05, 3.63) is 87.0 Å². The van der Waals surface area contributed by atoms with E-state index in [4.69, 9.17) is 0 Å². The number of benzene rings is 2. The largest absolute Gasteiger partial charge is 0.268 e. The maximum atomic E-state index is 13.8. The zero-order valence-corrected chi connectivity index (χ0v) is 19.3. The topological polar surface area (TPSA) is 52.2 Å². The third kappa shape index (κ3) is 3.19. The van der Waals surface area contributed by atoms with E-state index in [-0.39, 0.29) is 5.56 Å². The summed E-state index contributed by atoms with van der Waals surface area (Å²) in [6, 6.07) is 20.2. The van der Waals surface area contributed by atoms with Crippen LogP contribution in [-0.2, 0) is 18.6 Å². The fraction of sp³-hybridized carbons (Fsp3) is 0.240. The first-order chi connectivity index (χ1) is 15.7. The molecule has 0 bridgehead atoms. The smallest absolute Gasteiger partial charge is 0.268 e. The first-order valence-electron chi connectivity index (χ1n) is 10.9. The van der Waals surface area contributed by atoms with Crippen LogP contribution in [0, 0.1) is 5.92 Å². The number of aryl methyl sites for hydroxylation is 1. The molecule has 3 aromatic heterocycles. The zero-order chi connectivity index (χ0) is 21.7. The molecule has 5 nitrogen and oxygen atoms in total. The van der Waals surface area contributed by atoms with Crippen molar-refractivity contribution in [3.63, 3.8) is 0 Å². The lowest BCUT2D eigenvalue weighted by Crippen LogP contribution is -2.22. The van der Waals surface area contributed by atoms with Crippen LogP contribution in [0.15, 0.2) is 70.6 Å². The number of thiophene rings is 1. The van der Waals surface area contributed by atoms with E-state index in [9.17, 15) is 4.79 Å². The molecular weight excluding hydrogens is 436 g/mol. The van der Waals surface area contributed by atoms with Crippen molar-refractivity contribution in [1.29, 1.82) is 0 Å². The molecule has 1 atom stereocenters. The van der Waals surface area contributed by atoms with Gasteiger partial charge in [0.25, 0.3) is 5.56 Å². The lowest BCUT2D eigenvalue weighted by atomic mass is 9.89. The summed E-state index contributed by atoms with van der Waals surface area (Å²) in [5.41, 5.74) is 3.30. The van der Waals surface area contributed by atoms with Gasteiger partial charge in [0.1, 0.15) is 4.83 Å². The van der Waals surface area contributed by atoms with Crippen molar-refractivity contribution < 1.29 is 0 Å². The quantitative estimate of drug-likeness (QED) is 0.333. The van der Waals surface area contributed by atoms with Gasteiger partial charge in [0.2, 0.25) is 5.78 Å². The summed E-state index contributed by atoms with van der Waals surface area (Å²) in [5.74, 6) is 2.03. The first kappa shape index (κ1) is 19.8. The summed E-state index contributed by atoms with van der Waals surface area (Å²) >= 11 is 3.41. The molecule has 32 heavy (non-hydrogen) atoms. The number of thioether (sulfide) groups is 1. The molecule has 160 valence electrons. The Morgan fingerprint density at radius 3 is 2.59 bits per heavy atom. The molecule has 5 aromatic rings. The van der Waals surface area contributed by atoms with E-state index < -0.39 is 0 Å². The van der Waals surface area contributed by atoms with Crippen LogP contribution >= 0.6 is 23.1 Å². The number of aromatic nitrogens is 4. The Hall–Kier alpha value is -2.90. The van der Waals surface area contributed by atoms with Crippen LogP contribution in [0.2, 0.25) is 0 Å². The van der Waals surface area contributed by atoms with Gasteiger partial charge in [-0.25, -0.2) is 8.97 Å². The third-order valence-corrected chi connectivity index (χ3v) is 8.39. The normalized spacial score (nSPS) is 16.0. The van der Waals surface area contributed by atoms with E-state index in [1.54, 1.807) is 27.7 Å². The number of hydrogen-bond acceptors (Lipinski definition) is 5. The number of hydrogen-bond donors (Lipinski definition) is 0. The Balaban J connectivity index is 1.61. The minimum atomic E-state index is 0.0118. The second kappa shape index (κ2) is 7.90. The molecule has 0 fully saturated rings. The summed E-state index contributed by atoms with van der Waals surface area (Å²) in [6.07, 6.45) is 3.12. The minimum absolute atomic E-state index is 0.0118. The first-order valence-corrected chi connectivity index (χ1v) is 12.7. The van der Waals surface area contributed by atoms with Crippen molar-refractivity contribution in [2.24, 2.45) is 5.92 Å². The Morgan fingerprint density at radius 2 is 1.81 bits per heavy atom. The zero-order valence-electron chi connectivity index (χ0n) is 17.7. The molecule has 0 saturated heterocycles. The lowest BCUT2D eigenvalue weighted by Gasteiger charge is -2.17. The van der Waals surface area contributed by atoms with Gasteiger partial charge in [-0.2, -0.15) is 0 Å². The van der Waals surface area contributed by atoms with E-state index >= 15 is 0 Å². The van der Waals surface area contributed by atoms with Crippen molar-refractivity contribution in [2.75, 3.05) is 0 Å². The van der Waals surface area contributed by atoms with Crippen LogP contribution in [-0.4, -0.2) is 19.2 Å². The molecule has 0 N–H and O–H groups in total.